The fraction of sp³-hybridized carbons (Fsp3) is 0.143. The highest BCUT2D eigenvalue weighted by molar-refractivity contribution is 5.96. The number of hydrogen-bond acceptors (Lipinski definition) is 5. The van der Waals surface area contributed by atoms with E-state index in [1.165, 1.54) is 0 Å². The summed E-state index contributed by atoms with van der Waals surface area (Å²) in [6.45, 7) is 1.86. The van der Waals surface area contributed by atoms with E-state index in [2.05, 4.69) is 10.1 Å². The number of anilines is 2. The third-order valence-electron chi connectivity index (χ3n) is 1.77. The maximum atomic E-state index is 5.74. The Morgan fingerprint density at radius 1 is 1.42 bits per heavy atom. The number of aromatic nitrogens is 2. The molecule has 0 unspecified atom stereocenters. The molecule has 0 spiro atoms. The number of nitrogens with two attached hydrogens (primary N) is 2. The van der Waals surface area contributed by atoms with Gasteiger partial charge in [-0.2, -0.15) is 0 Å². The van der Waals surface area contributed by atoms with E-state index in [4.69, 9.17) is 16.0 Å². The highest BCUT2D eigenvalue weighted by Crippen LogP contribution is 2.26. The molecule has 0 amide bonds. The average molecular weight is 164 g/mol. The lowest BCUT2D eigenvalue weighted by Gasteiger charge is -1.97. The van der Waals surface area contributed by atoms with Gasteiger partial charge in [0.25, 0.3) is 5.71 Å². The summed E-state index contributed by atoms with van der Waals surface area (Å²) >= 11 is 0. The average Bonchev–Trinajstić information content (AvgIpc) is 2.41. The van der Waals surface area contributed by atoms with Crippen LogP contribution >= 0.6 is 0 Å². The summed E-state index contributed by atoms with van der Waals surface area (Å²) < 4.78 is 4.82. The van der Waals surface area contributed by atoms with Crippen molar-refractivity contribution in [3.05, 3.63) is 11.8 Å². The number of hydrogen-bond donors (Lipinski definition) is 2. The van der Waals surface area contributed by atoms with E-state index < -0.39 is 0 Å². The lowest BCUT2D eigenvalue weighted by molar-refractivity contribution is 0.452. The van der Waals surface area contributed by atoms with Gasteiger partial charge in [0.1, 0.15) is 5.39 Å². The second-order valence-electron chi connectivity index (χ2n) is 2.60. The number of pyridine rings is 1. The fourth-order valence-corrected chi connectivity index (χ4v) is 1.06. The molecule has 0 saturated heterocycles. The molecule has 5 nitrogen and oxygen atoms in total. The highest BCUT2D eigenvalue weighted by atomic mass is 16.5. The number of rotatable bonds is 0. The third-order valence-corrected chi connectivity index (χ3v) is 1.77. The molecule has 5 heteroatoms. The molecular formula is C7H8N4O. The van der Waals surface area contributed by atoms with Crippen LogP contribution in [-0.2, 0) is 0 Å². The van der Waals surface area contributed by atoms with Crippen LogP contribution in [0.4, 0.5) is 11.5 Å². The monoisotopic (exact) mass is 164 g/mol. The van der Waals surface area contributed by atoms with Crippen LogP contribution in [0.25, 0.3) is 11.1 Å². The second-order valence-corrected chi connectivity index (χ2v) is 2.60. The first-order valence-electron chi connectivity index (χ1n) is 3.46. The largest absolute Gasteiger partial charge is 0.398 e. The van der Waals surface area contributed by atoms with Crippen LogP contribution in [0.15, 0.2) is 10.7 Å². The Morgan fingerprint density at radius 2 is 2.17 bits per heavy atom. The molecule has 0 aliphatic carbocycles. The minimum atomic E-state index is 0.290. The zero-order valence-electron chi connectivity index (χ0n) is 6.53. The first kappa shape index (κ1) is 6.90. The van der Waals surface area contributed by atoms with Crippen molar-refractivity contribution in [2.24, 2.45) is 0 Å². The Morgan fingerprint density at radius 3 is 2.92 bits per heavy atom. The summed E-state index contributed by atoms with van der Waals surface area (Å²) in [4.78, 5) is 3.97. The SMILES string of the molecule is Cc1cnc2onc(N)c2c1N. The van der Waals surface area contributed by atoms with Gasteiger partial charge in [-0.15, -0.1) is 0 Å². The van der Waals surface area contributed by atoms with Crippen LogP contribution in [0.3, 0.4) is 0 Å². The van der Waals surface area contributed by atoms with Gasteiger partial charge in [0.05, 0.1) is 5.69 Å². The Kier molecular flexibility index (Phi) is 1.21. The van der Waals surface area contributed by atoms with E-state index in [1.54, 1.807) is 6.20 Å². The van der Waals surface area contributed by atoms with E-state index >= 15 is 0 Å². The van der Waals surface area contributed by atoms with Gasteiger partial charge in [-0.25, -0.2) is 4.98 Å². The Hall–Kier alpha value is -1.78. The molecule has 0 radical (unpaired) electrons. The zero-order valence-corrected chi connectivity index (χ0v) is 6.53. The Balaban J connectivity index is 2.96. The summed E-state index contributed by atoms with van der Waals surface area (Å²) in [5.41, 5.74) is 13.1. The number of nitrogen functional groups attached to an aromatic ring is 2. The molecule has 0 aliphatic heterocycles. The van der Waals surface area contributed by atoms with Gasteiger partial charge < -0.3 is 16.0 Å². The van der Waals surface area contributed by atoms with Crippen LogP contribution in [-0.4, -0.2) is 10.1 Å². The molecule has 2 rings (SSSR count). The number of fused-ring (bicyclic) bond motifs is 1. The topological polar surface area (TPSA) is 91.0 Å². The highest BCUT2D eigenvalue weighted by Gasteiger charge is 2.10. The molecule has 0 bridgehead atoms. The first-order valence-corrected chi connectivity index (χ1v) is 3.46. The maximum absolute atomic E-state index is 5.74. The Labute approximate surface area is 68.3 Å². The molecule has 0 fully saturated rings. The second kappa shape index (κ2) is 2.10. The zero-order chi connectivity index (χ0) is 8.72. The van der Waals surface area contributed by atoms with E-state index in [-0.39, 0.29) is 0 Å². The molecular weight excluding hydrogens is 156 g/mol. The van der Waals surface area contributed by atoms with Crippen LogP contribution < -0.4 is 11.5 Å². The van der Waals surface area contributed by atoms with Gasteiger partial charge in [0, 0.05) is 6.20 Å². The standard InChI is InChI=1S/C7H8N4O/c1-3-2-10-7-4(5(3)8)6(9)11-12-7/h2H,1H3,(H2,8,10)(H2,9,11). The van der Waals surface area contributed by atoms with Crippen molar-refractivity contribution >= 4 is 22.6 Å². The maximum Gasteiger partial charge on any atom is 0.262 e. The quantitative estimate of drug-likeness (QED) is 0.597. The van der Waals surface area contributed by atoms with Crippen molar-refractivity contribution in [3.63, 3.8) is 0 Å². The van der Waals surface area contributed by atoms with E-state index in [0.717, 1.165) is 5.56 Å². The third kappa shape index (κ3) is 0.730. The van der Waals surface area contributed by atoms with Crippen molar-refractivity contribution in [2.75, 3.05) is 11.5 Å². The van der Waals surface area contributed by atoms with Crippen molar-refractivity contribution in [2.45, 2.75) is 6.92 Å². The molecule has 0 aliphatic rings. The number of aryl methyl sites for hydroxylation is 1. The molecule has 2 heterocycles. The predicted molar refractivity (Wildman–Crippen MR) is 45.4 cm³/mol. The van der Waals surface area contributed by atoms with E-state index in [1.807, 2.05) is 6.92 Å². The number of nitrogens with zero attached hydrogens (tertiary/aromatic N) is 2. The fourth-order valence-electron chi connectivity index (χ4n) is 1.06. The van der Waals surface area contributed by atoms with Gasteiger partial charge >= 0.3 is 0 Å². The first-order chi connectivity index (χ1) is 5.70. The van der Waals surface area contributed by atoms with Crippen LogP contribution in [0.5, 0.6) is 0 Å². The van der Waals surface area contributed by atoms with Gasteiger partial charge in [-0.3, -0.25) is 0 Å². The van der Waals surface area contributed by atoms with Crippen molar-refractivity contribution < 1.29 is 4.52 Å². The van der Waals surface area contributed by atoms with Gasteiger partial charge in [-0.1, -0.05) is 5.16 Å². The molecule has 62 valence electrons. The van der Waals surface area contributed by atoms with Crippen LogP contribution in [0, 0.1) is 6.92 Å². The molecule has 2 aromatic heterocycles. The molecule has 2 aromatic rings. The normalized spacial score (nSPS) is 10.8. The van der Waals surface area contributed by atoms with Crippen LogP contribution in [0.2, 0.25) is 0 Å². The molecule has 0 atom stereocenters. The summed E-state index contributed by atoms with van der Waals surface area (Å²) in [6, 6.07) is 0. The van der Waals surface area contributed by atoms with Gasteiger partial charge in [0.2, 0.25) is 0 Å². The van der Waals surface area contributed by atoms with Crippen molar-refractivity contribution in [1.82, 2.24) is 10.1 Å². The van der Waals surface area contributed by atoms with Gasteiger partial charge in [-0.05, 0) is 12.5 Å². The van der Waals surface area contributed by atoms with Crippen molar-refractivity contribution in [3.8, 4) is 0 Å². The van der Waals surface area contributed by atoms with Crippen molar-refractivity contribution in [1.29, 1.82) is 0 Å². The summed E-state index contributed by atoms with van der Waals surface area (Å²) in [6.07, 6.45) is 1.63. The molecule has 4 N–H and O–H groups in total. The van der Waals surface area contributed by atoms with Gasteiger partial charge in [0.15, 0.2) is 5.82 Å². The summed E-state index contributed by atoms with van der Waals surface area (Å²) in [7, 11) is 0. The minimum Gasteiger partial charge on any atom is -0.398 e. The Bertz CT molecular complexity index is 434. The molecule has 0 saturated carbocycles. The summed E-state index contributed by atoms with van der Waals surface area (Å²) in [5.74, 6) is 0.290. The minimum absolute atomic E-state index is 0.290. The lowest BCUT2D eigenvalue weighted by Crippen LogP contribution is -1.94. The molecule has 12 heavy (non-hydrogen) atoms. The molecule has 0 aromatic carbocycles. The van der Waals surface area contributed by atoms with E-state index in [0.29, 0.717) is 22.6 Å². The summed E-state index contributed by atoms with van der Waals surface area (Å²) in [5, 5.41) is 4.16. The van der Waals surface area contributed by atoms with Crippen LogP contribution in [0.1, 0.15) is 5.56 Å². The van der Waals surface area contributed by atoms with E-state index in [9.17, 15) is 0 Å². The smallest absolute Gasteiger partial charge is 0.262 e. The predicted octanol–water partition coefficient (Wildman–Crippen LogP) is 0.696. The lowest BCUT2D eigenvalue weighted by atomic mass is 10.2.